The van der Waals surface area contributed by atoms with Gasteiger partial charge in [-0.2, -0.15) is 5.26 Å². The second-order valence-electron chi connectivity index (χ2n) is 9.85. The largest absolute Gasteiger partial charge is 0.354 e. The van der Waals surface area contributed by atoms with Crippen LogP contribution in [0, 0.1) is 18.3 Å². The molecule has 0 bridgehead atoms. The first kappa shape index (κ1) is 24.1. The summed E-state index contributed by atoms with van der Waals surface area (Å²) in [5, 5.41) is 10.2. The smallest absolute Gasteiger partial charge is 0.157 e. The Morgan fingerprint density at radius 2 is 1.61 bits per heavy atom. The number of unbranched alkanes of at least 4 members (excludes halogenated alkanes) is 5. The fraction of sp³-hybridized carbons (Fsp3) is 0.433. The number of hydrogen-bond acceptors (Lipinski definition) is 5. The number of para-hydroxylation sites is 2. The van der Waals surface area contributed by atoms with E-state index >= 15 is 0 Å². The summed E-state index contributed by atoms with van der Waals surface area (Å²) in [6.07, 6.45) is 10.4. The molecule has 186 valence electrons. The molecule has 3 aromatic heterocycles. The number of hydrogen-bond donors (Lipinski definition) is 0. The van der Waals surface area contributed by atoms with Gasteiger partial charge < -0.3 is 9.80 Å². The van der Waals surface area contributed by atoms with Gasteiger partial charge in [0.1, 0.15) is 17.7 Å². The van der Waals surface area contributed by atoms with Crippen LogP contribution in [0.2, 0.25) is 0 Å². The van der Waals surface area contributed by atoms with Gasteiger partial charge in [-0.05, 0) is 55.2 Å². The first-order valence-electron chi connectivity index (χ1n) is 13.5. The molecule has 6 nitrogen and oxygen atoms in total. The average molecular weight is 481 g/mol. The lowest BCUT2D eigenvalue weighted by Gasteiger charge is -2.38. The zero-order chi connectivity index (χ0) is 24.9. The summed E-state index contributed by atoms with van der Waals surface area (Å²) in [6.45, 7) is 8.04. The molecule has 0 spiro atoms. The first-order chi connectivity index (χ1) is 17.7. The Kier molecular flexibility index (Phi) is 7.36. The number of imidazole rings is 1. The van der Waals surface area contributed by atoms with Gasteiger partial charge in [-0.3, -0.25) is 4.40 Å². The predicted molar refractivity (Wildman–Crippen MR) is 148 cm³/mol. The number of piperazine rings is 1. The molecule has 0 aliphatic carbocycles. The fourth-order valence-corrected chi connectivity index (χ4v) is 5.57. The predicted octanol–water partition coefficient (Wildman–Crippen LogP) is 6.29. The van der Waals surface area contributed by atoms with Crippen molar-refractivity contribution in [3.8, 4) is 6.07 Å². The minimum atomic E-state index is 0.711. The van der Waals surface area contributed by atoms with E-state index < -0.39 is 0 Å². The summed E-state index contributed by atoms with van der Waals surface area (Å²) in [7, 11) is 0. The second-order valence-corrected chi connectivity index (χ2v) is 9.85. The molecular formula is C30H36N6. The van der Waals surface area contributed by atoms with Crippen LogP contribution < -0.4 is 9.80 Å². The van der Waals surface area contributed by atoms with Crippen molar-refractivity contribution in [3.63, 3.8) is 0 Å². The molecule has 0 N–H and O–H groups in total. The van der Waals surface area contributed by atoms with Gasteiger partial charge in [0.25, 0.3) is 0 Å². The molecule has 1 saturated heterocycles. The Hall–Kier alpha value is -3.59. The van der Waals surface area contributed by atoms with Crippen LogP contribution in [0.3, 0.4) is 0 Å². The molecule has 0 saturated carbocycles. The summed E-state index contributed by atoms with van der Waals surface area (Å²) in [6, 6.07) is 16.9. The van der Waals surface area contributed by atoms with E-state index in [-0.39, 0.29) is 0 Å². The van der Waals surface area contributed by atoms with E-state index in [9.17, 15) is 5.26 Å². The molecule has 1 aromatic carbocycles. The van der Waals surface area contributed by atoms with E-state index in [0.29, 0.717) is 5.56 Å². The summed E-state index contributed by atoms with van der Waals surface area (Å²) in [5.74, 6) is 2.27. The average Bonchev–Trinajstić information content (AvgIpc) is 3.30. The molecule has 36 heavy (non-hydrogen) atoms. The highest BCUT2D eigenvalue weighted by molar-refractivity contribution is 5.86. The highest BCUT2D eigenvalue weighted by atomic mass is 15.3. The normalized spacial score (nSPS) is 14.0. The van der Waals surface area contributed by atoms with Crippen molar-refractivity contribution in [1.29, 1.82) is 5.26 Å². The van der Waals surface area contributed by atoms with Crippen molar-refractivity contribution in [2.75, 3.05) is 36.0 Å². The zero-order valence-corrected chi connectivity index (χ0v) is 21.6. The highest BCUT2D eigenvalue weighted by Gasteiger charge is 2.27. The van der Waals surface area contributed by atoms with Gasteiger partial charge in [0.2, 0.25) is 0 Å². The van der Waals surface area contributed by atoms with E-state index in [2.05, 4.69) is 69.4 Å². The Balaban J connectivity index is 1.54. The van der Waals surface area contributed by atoms with Crippen LogP contribution in [-0.4, -0.2) is 40.5 Å². The molecule has 0 radical (unpaired) electrons. The lowest BCUT2D eigenvalue weighted by molar-refractivity contribution is 0.602. The van der Waals surface area contributed by atoms with Gasteiger partial charge in [-0.1, -0.05) is 57.2 Å². The Labute approximate surface area is 214 Å². The van der Waals surface area contributed by atoms with E-state index in [1.54, 1.807) is 0 Å². The van der Waals surface area contributed by atoms with Gasteiger partial charge >= 0.3 is 0 Å². The number of fused-ring (bicyclic) bond motifs is 3. The molecule has 1 aliphatic heterocycles. The van der Waals surface area contributed by atoms with E-state index in [0.717, 1.165) is 67.1 Å². The third-order valence-electron chi connectivity index (χ3n) is 7.54. The lowest BCUT2D eigenvalue weighted by atomic mass is 9.97. The molecule has 0 atom stereocenters. The maximum Gasteiger partial charge on any atom is 0.157 e. The Morgan fingerprint density at radius 1 is 0.889 bits per heavy atom. The molecule has 0 amide bonds. The molecule has 5 rings (SSSR count). The Bertz CT molecular complexity index is 1360. The van der Waals surface area contributed by atoms with Crippen molar-refractivity contribution in [2.24, 2.45) is 0 Å². The van der Waals surface area contributed by atoms with Crippen LogP contribution in [0.25, 0.3) is 16.7 Å². The lowest BCUT2D eigenvalue weighted by Crippen LogP contribution is -2.47. The summed E-state index contributed by atoms with van der Waals surface area (Å²) < 4.78 is 2.27. The number of nitrogens with zero attached hydrogens (tertiary/aromatic N) is 6. The second kappa shape index (κ2) is 11.0. The molecular weight excluding hydrogens is 444 g/mol. The van der Waals surface area contributed by atoms with Crippen molar-refractivity contribution in [1.82, 2.24) is 14.4 Å². The van der Waals surface area contributed by atoms with E-state index in [4.69, 9.17) is 4.98 Å². The molecule has 0 unspecified atom stereocenters. The van der Waals surface area contributed by atoms with Crippen molar-refractivity contribution in [3.05, 3.63) is 65.4 Å². The number of anilines is 2. The van der Waals surface area contributed by atoms with Crippen LogP contribution >= 0.6 is 0 Å². The highest BCUT2D eigenvalue weighted by Crippen LogP contribution is 2.35. The Morgan fingerprint density at radius 3 is 2.36 bits per heavy atom. The zero-order valence-electron chi connectivity index (χ0n) is 21.6. The van der Waals surface area contributed by atoms with Gasteiger partial charge in [-0.15, -0.1) is 0 Å². The van der Waals surface area contributed by atoms with Crippen LogP contribution in [0.15, 0.2) is 48.7 Å². The SMILES string of the molecule is CCCCCCCCc1c(C)c(C#N)c2nc3ccccc3n2c1N1CCN(c2ccccn2)CC1. The molecule has 6 heteroatoms. The fourth-order valence-electron chi connectivity index (χ4n) is 5.57. The number of nitriles is 1. The topological polar surface area (TPSA) is 60.5 Å². The summed E-state index contributed by atoms with van der Waals surface area (Å²) in [5.41, 5.74) is 5.92. The molecule has 4 heterocycles. The third kappa shape index (κ3) is 4.63. The monoisotopic (exact) mass is 480 g/mol. The number of pyridine rings is 2. The first-order valence-corrected chi connectivity index (χ1v) is 13.5. The third-order valence-corrected chi connectivity index (χ3v) is 7.54. The quantitative estimate of drug-likeness (QED) is 0.263. The van der Waals surface area contributed by atoms with Crippen molar-refractivity contribution < 1.29 is 0 Å². The molecule has 4 aromatic rings. The van der Waals surface area contributed by atoms with Gasteiger partial charge in [0.15, 0.2) is 5.65 Å². The number of rotatable bonds is 9. The van der Waals surface area contributed by atoms with Crippen LogP contribution in [-0.2, 0) is 6.42 Å². The maximum atomic E-state index is 10.2. The van der Waals surface area contributed by atoms with E-state index in [1.165, 1.54) is 43.5 Å². The number of benzene rings is 1. The molecule has 1 aliphatic rings. The minimum Gasteiger partial charge on any atom is -0.354 e. The van der Waals surface area contributed by atoms with Crippen molar-refractivity contribution >= 4 is 28.3 Å². The van der Waals surface area contributed by atoms with Gasteiger partial charge in [-0.25, -0.2) is 9.97 Å². The molecule has 1 fully saturated rings. The van der Waals surface area contributed by atoms with Gasteiger partial charge in [0.05, 0.1) is 16.6 Å². The van der Waals surface area contributed by atoms with Gasteiger partial charge in [0, 0.05) is 32.4 Å². The van der Waals surface area contributed by atoms with E-state index in [1.807, 2.05) is 18.3 Å². The number of aromatic nitrogens is 3. The van der Waals surface area contributed by atoms with Crippen molar-refractivity contribution in [2.45, 2.75) is 58.8 Å². The van der Waals surface area contributed by atoms with Crippen LogP contribution in [0.1, 0.15) is 62.1 Å². The summed E-state index contributed by atoms with van der Waals surface area (Å²) >= 11 is 0. The van der Waals surface area contributed by atoms with Crippen LogP contribution in [0.4, 0.5) is 11.6 Å². The standard InChI is InChI=1S/C30H36N6/c1-3-4-5-6-7-8-13-24-23(2)25(22-31)29-33-26-14-9-10-15-27(26)36(29)30(24)35-20-18-34(19-21-35)28-16-11-12-17-32-28/h9-12,14-17H,3-8,13,18-21H2,1-2H3. The summed E-state index contributed by atoms with van der Waals surface area (Å²) in [4.78, 5) is 14.4. The minimum absolute atomic E-state index is 0.711. The maximum absolute atomic E-state index is 10.2. The van der Waals surface area contributed by atoms with Crippen LogP contribution in [0.5, 0.6) is 0 Å².